The highest BCUT2D eigenvalue weighted by Crippen LogP contribution is 2.30. The first-order valence-electron chi connectivity index (χ1n) is 7.80. The van der Waals surface area contributed by atoms with Gasteiger partial charge >= 0.3 is 0 Å². The van der Waals surface area contributed by atoms with E-state index in [-0.39, 0.29) is 0 Å². The van der Waals surface area contributed by atoms with Gasteiger partial charge in [0.1, 0.15) is 0 Å². The molecule has 1 aromatic carbocycles. The van der Waals surface area contributed by atoms with Crippen LogP contribution >= 0.6 is 27.5 Å². The average molecular weight is 375 g/mol. The number of rotatable bonds is 5. The summed E-state index contributed by atoms with van der Waals surface area (Å²) in [5.41, 5.74) is 0.824. The van der Waals surface area contributed by atoms with Crippen LogP contribution in [0, 0.1) is 5.92 Å². The number of halogens is 2. The van der Waals surface area contributed by atoms with Gasteiger partial charge in [0, 0.05) is 22.1 Å². The van der Waals surface area contributed by atoms with Crippen LogP contribution in [0.1, 0.15) is 50.7 Å². The maximum absolute atomic E-state index is 10.4. The molecule has 4 heteroatoms. The Morgan fingerprint density at radius 1 is 1.43 bits per heavy atom. The summed E-state index contributed by atoms with van der Waals surface area (Å²) in [5, 5.41) is 11.0. The van der Waals surface area contributed by atoms with Crippen LogP contribution in [0.15, 0.2) is 22.7 Å². The second-order valence-electron chi connectivity index (χ2n) is 6.38. The summed E-state index contributed by atoms with van der Waals surface area (Å²) in [6.45, 7) is 3.25. The van der Waals surface area contributed by atoms with E-state index in [1.807, 2.05) is 18.2 Å². The van der Waals surface area contributed by atoms with Gasteiger partial charge in [-0.1, -0.05) is 53.4 Å². The monoisotopic (exact) mass is 373 g/mol. The lowest BCUT2D eigenvalue weighted by molar-refractivity contribution is 0.116. The lowest BCUT2D eigenvalue weighted by atomic mass is 9.86. The SMILES string of the molecule is CC1CCCC(N(C)CCC(O)c2ccc(Br)cc2Cl)C1. The van der Waals surface area contributed by atoms with Crippen LogP contribution < -0.4 is 0 Å². The van der Waals surface area contributed by atoms with Crippen molar-refractivity contribution in [3.05, 3.63) is 33.3 Å². The number of hydrogen-bond donors (Lipinski definition) is 1. The molecular weight excluding hydrogens is 350 g/mol. The van der Waals surface area contributed by atoms with E-state index in [0.717, 1.165) is 28.9 Å². The van der Waals surface area contributed by atoms with E-state index in [0.29, 0.717) is 11.1 Å². The standard InChI is InChI=1S/C17H25BrClNO/c1-12-4-3-5-14(10-12)20(2)9-8-17(21)15-7-6-13(18)11-16(15)19/h6-7,11-12,14,17,21H,3-5,8-10H2,1-2H3. The van der Waals surface area contributed by atoms with E-state index < -0.39 is 6.10 Å². The third kappa shape index (κ3) is 4.95. The Morgan fingerprint density at radius 3 is 2.86 bits per heavy atom. The Balaban J connectivity index is 1.86. The maximum Gasteiger partial charge on any atom is 0.0816 e. The summed E-state index contributed by atoms with van der Waals surface area (Å²) in [6.07, 6.45) is 5.50. The number of aliphatic hydroxyl groups excluding tert-OH is 1. The molecule has 0 radical (unpaired) electrons. The van der Waals surface area contributed by atoms with Crippen LogP contribution in [0.25, 0.3) is 0 Å². The third-order valence-electron chi connectivity index (χ3n) is 4.61. The van der Waals surface area contributed by atoms with E-state index in [1.165, 1.54) is 25.7 Å². The molecule has 1 aliphatic rings. The molecule has 3 unspecified atom stereocenters. The maximum atomic E-state index is 10.4. The van der Waals surface area contributed by atoms with Gasteiger partial charge in [0.2, 0.25) is 0 Å². The smallest absolute Gasteiger partial charge is 0.0816 e. The number of aliphatic hydroxyl groups is 1. The lowest BCUT2D eigenvalue weighted by Gasteiger charge is -2.34. The first kappa shape index (κ1) is 17.3. The van der Waals surface area contributed by atoms with E-state index in [4.69, 9.17) is 11.6 Å². The van der Waals surface area contributed by atoms with Gasteiger partial charge in [-0.05, 0) is 49.9 Å². The highest BCUT2D eigenvalue weighted by atomic mass is 79.9. The molecule has 0 bridgehead atoms. The fourth-order valence-corrected chi connectivity index (χ4v) is 4.04. The number of benzene rings is 1. The van der Waals surface area contributed by atoms with Crippen LogP contribution in [0.4, 0.5) is 0 Å². The van der Waals surface area contributed by atoms with Crippen molar-refractivity contribution in [3.63, 3.8) is 0 Å². The number of nitrogens with zero attached hydrogens (tertiary/aromatic N) is 1. The zero-order valence-electron chi connectivity index (χ0n) is 12.9. The molecule has 1 saturated carbocycles. The molecule has 0 amide bonds. The Kier molecular flexibility index (Phi) is 6.54. The highest BCUT2D eigenvalue weighted by Gasteiger charge is 2.23. The molecular formula is C17H25BrClNO. The fraction of sp³-hybridized carbons (Fsp3) is 0.647. The number of hydrogen-bond acceptors (Lipinski definition) is 2. The molecule has 21 heavy (non-hydrogen) atoms. The van der Waals surface area contributed by atoms with Crippen molar-refractivity contribution in [1.29, 1.82) is 0 Å². The molecule has 2 rings (SSSR count). The van der Waals surface area contributed by atoms with Crippen molar-refractivity contribution in [2.75, 3.05) is 13.6 Å². The van der Waals surface area contributed by atoms with Crippen LogP contribution in [-0.2, 0) is 0 Å². The third-order valence-corrected chi connectivity index (χ3v) is 5.43. The summed E-state index contributed by atoms with van der Waals surface area (Å²) >= 11 is 9.59. The molecule has 0 aliphatic heterocycles. The van der Waals surface area contributed by atoms with Gasteiger partial charge in [-0.3, -0.25) is 0 Å². The first-order chi connectivity index (χ1) is 9.97. The van der Waals surface area contributed by atoms with Crippen LogP contribution in [0.3, 0.4) is 0 Å². The van der Waals surface area contributed by atoms with E-state index in [9.17, 15) is 5.11 Å². The molecule has 2 nitrogen and oxygen atoms in total. The molecule has 0 aromatic heterocycles. The van der Waals surface area contributed by atoms with Crippen molar-refractivity contribution in [3.8, 4) is 0 Å². The Morgan fingerprint density at radius 2 is 2.19 bits per heavy atom. The predicted molar refractivity (Wildman–Crippen MR) is 92.8 cm³/mol. The average Bonchev–Trinajstić information content (AvgIpc) is 2.44. The van der Waals surface area contributed by atoms with Crippen molar-refractivity contribution >= 4 is 27.5 Å². The Hall–Kier alpha value is -0.0900. The second kappa shape index (κ2) is 7.96. The summed E-state index contributed by atoms with van der Waals surface area (Å²) in [6, 6.07) is 6.34. The van der Waals surface area contributed by atoms with Gasteiger partial charge in [-0.25, -0.2) is 0 Å². The Bertz CT molecular complexity index is 468. The normalized spacial score (nSPS) is 24.3. The van der Waals surface area contributed by atoms with Gasteiger partial charge in [0.05, 0.1) is 6.10 Å². The quantitative estimate of drug-likeness (QED) is 0.780. The van der Waals surface area contributed by atoms with Gasteiger partial charge in [0.15, 0.2) is 0 Å². The molecule has 0 heterocycles. The molecule has 3 atom stereocenters. The molecule has 1 aromatic rings. The summed E-state index contributed by atoms with van der Waals surface area (Å²) in [5.74, 6) is 0.831. The van der Waals surface area contributed by atoms with Crippen molar-refractivity contribution < 1.29 is 5.11 Å². The second-order valence-corrected chi connectivity index (χ2v) is 7.70. The molecule has 1 fully saturated rings. The Labute approximate surface area is 141 Å². The minimum Gasteiger partial charge on any atom is -0.388 e. The van der Waals surface area contributed by atoms with Gasteiger partial charge in [-0.15, -0.1) is 0 Å². The lowest BCUT2D eigenvalue weighted by Crippen LogP contribution is -2.36. The van der Waals surface area contributed by atoms with Gasteiger partial charge < -0.3 is 10.0 Å². The van der Waals surface area contributed by atoms with E-state index in [1.54, 1.807) is 0 Å². The minimum absolute atomic E-state index is 0.492. The largest absolute Gasteiger partial charge is 0.388 e. The fourth-order valence-electron chi connectivity index (χ4n) is 3.24. The first-order valence-corrected chi connectivity index (χ1v) is 8.97. The zero-order chi connectivity index (χ0) is 15.4. The van der Waals surface area contributed by atoms with E-state index >= 15 is 0 Å². The van der Waals surface area contributed by atoms with E-state index in [2.05, 4.69) is 34.8 Å². The van der Waals surface area contributed by atoms with Crippen LogP contribution in [-0.4, -0.2) is 29.6 Å². The van der Waals surface area contributed by atoms with Crippen molar-refractivity contribution in [1.82, 2.24) is 4.90 Å². The molecule has 0 saturated heterocycles. The highest BCUT2D eigenvalue weighted by molar-refractivity contribution is 9.10. The van der Waals surface area contributed by atoms with Crippen LogP contribution in [0.2, 0.25) is 5.02 Å². The molecule has 1 N–H and O–H groups in total. The molecule has 0 spiro atoms. The predicted octanol–water partition coefficient (Wildman–Crippen LogP) is 5.04. The van der Waals surface area contributed by atoms with Crippen molar-refractivity contribution in [2.45, 2.75) is 51.2 Å². The molecule has 1 aliphatic carbocycles. The zero-order valence-corrected chi connectivity index (χ0v) is 15.2. The summed E-state index contributed by atoms with van der Waals surface area (Å²) in [4.78, 5) is 2.41. The van der Waals surface area contributed by atoms with Gasteiger partial charge in [0.25, 0.3) is 0 Å². The topological polar surface area (TPSA) is 23.5 Å². The van der Waals surface area contributed by atoms with Gasteiger partial charge in [-0.2, -0.15) is 0 Å². The summed E-state index contributed by atoms with van der Waals surface area (Å²) in [7, 11) is 2.18. The van der Waals surface area contributed by atoms with Crippen molar-refractivity contribution in [2.24, 2.45) is 5.92 Å². The molecule has 118 valence electrons. The van der Waals surface area contributed by atoms with Crippen LogP contribution in [0.5, 0.6) is 0 Å². The minimum atomic E-state index is -0.492. The summed E-state index contributed by atoms with van der Waals surface area (Å²) < 4.78 is 0.941.